The quantitative estimate of drug-likeness (QED) is 0.0241. The Bertz CT molecular complexity index is 940. The van der Waals surface area contributed by atoms with Crippen LogP contribution in [-0.4, -0.2) is 53.3 Å². The number of phosphoric ester groups is 1. The third-order valence-corrected chi connectivity index (χ3v) is 8.50. The number of carbonyl (C=O) groups excluding carboxylic acids is 2. The molecule has 0 aromatic heterocycles. The van der Waals surface area contributed by atoms with Crippen molar-refractivity contribution in [2.45, 2.75) is 167 Å². The van der Waals surface area contributed by atoms with Crippen LogP contribution in [0.5, 0.6) is 0 Å². The number of phosphoric acid groups is 1. The standard InChI is InChI=1S/C37H65O9P/c1-4-5-20-26-34-35(46-34)27-22-17-13-8-6-7-9-14-18-23-28-36(38)43-30-33(31-44-47(40,41)42)45-37(39)29-24-19-15-11-10-12-16-21-25-32(2)3/h6,8-9,14,17,22,32-35H,4-5,7,10-13,15-16,18-21,23-31H2,1-3H3,(H2,40,41,42)/b8-6-,14-9-,22-17-/t33-,34?,35?/m1/s1. The molecule has 1 aliphatic rings. The first-order chi connectivity index (χ1) is 22.6. The van der Waals surface area contributed by atoms with Crippen molar-refractivity contribution in [1.82, 2.24) is 0 Å². The molecule has 3 atom stereocenters. The van der Waals surface area contributed by atoms with E-state index in [2.05, 4.69) is 55.7 Å². The molecule has 1 fully saturated rings. The summed E-state index contributed by atoms with van der Waals surface area (Å²) in [7, 11) is -4.76. The Morgan fingerprint density at radius 2 is 1.36 bits per heavy atom. The van der Waals surface area contributed by atoms with Crippen LogP contribution in [0.3, 0.4) is 0 Å². The van der Waals surface area contributed by atoms with Gasteiger partial charge in [-0.05, 0) is 50.9 Å². The van der Waals surface area contributed by atoms with Gasteiger partial charge in [0.2, 0.25) is 0 Å². The average molecular weight is 685 g/mol. The van der Waals surface area contributed by atoms with E-state index < -0.39 is 32.5 Å². The molecule has 9 nitrogen and oxygen atoms in total. The van der Waals surface area contributed by atoms with Crippen molar-refractivity contribution < 1.29 is 42.7 Å². The number of hydrogen-bond acceptors (Lipinski definition) is 7. The first kappa shape index (κ1) is 43.3. The third-order valence-electron chi connectivity index (χ3n) is 8.01. The van der Waals surface area contributed by atoms with E-state index in [1.54, 1.807) is 0 Å². The lowest BCUT2D eigenvalue weighted by Gasteiger charge is -2.18. The van der Waals surface area contributed by atoms with Crippen LogP contribution in [0, 0.1) is 5.92 Å². The van der Waals surface area contributed by atoms with E-state index >= 15 is 0 Å². The molecule has 10 heteroatoms. The summed E-state index contributed by atoms with van der Waals surface area (Å²) in [6, 6.07) is 0. The summed E-state index contributed by atoms with van der Waals surface area (Å²) in [5.41, 5.74) is 0. The van der Waals surface area contributed by atoms with Crippen LogP contribution in [0.2, 0.25) is 0 Å². The van der Waals surface area contributed by atoms with Gasteiger partial charge in [0.15, 0.2) is 6.10 Å². The monoisotopic (exact) mass is 684 g/mol. The maximum Gasteiger partial charge on any atom is 0.469 e. The first-order valence-corrected chi connectivity index (χ1v) is 19.8. The fraction of sp³-hybridized carbons (Fsp3) is 0.784. The van der Waals surface area contributed by atoms with Crippen LogP contribution in [0.25, 0.3) is 0 Å². The summed E-state index contributed by atoms with van der Waals surface area (Å²) in [6.07, 6.45) is 32.1. The minimum atomic E-state index is -4.76. The summed E-state index contributed by atoms with van der Waals surface area (Å²) in [4.78, 5) is 42.6. The minimum absolute atomic E-state index is 0.187. The molecule has 0 aliphatic carbocycles. The summed E-state index contributed by atoms with van der Waals surface area (Å²) >= 11 is 0. The smallest absolute Gasteiger partial charge is 0.462 e. The molecule has 0 saturated carbocycles. The van der Waals surface area contributed by atoms with Crippen molar-refractivity contribution in [1.29, 1.82) is 0 Å². The van der Waals surface area contributed by atoms with Gasteiger partial charge in [-0.2, -0.15) is 0 Å². The second-order valence-electron chi connectivity index (χ2n) is 13.1. The molecular formula is C37H65O9P. The van der Waals surface area contributed by atoms with Crippen LogP contribution >= 0.6 is 7.82 Å². The highest BCUT2D eigenvalue weighted by molar-refractivity contribution is 7.46. The normalized spacial score (nSPS) is 17.3. The van der Waals surface area contributed by atoms with E-state index in [1.165, 1.54) is 57.8 Å². The summed E-state index contributed by atoms with van der Waals surface area (Å²) in [5.74, 6) is -0.195. The van der Waals surface area contributed by atoms with Crippen LogP contribution in [0.15, 0.2) is 36.5 Å². The third kappa shape index (κ3) is 28.9. The average Bonchev–Trinajstić information content (AvgIpc) is 3.77. The lowest BCUT2D eigenvalue weighted by atomic mass is 10.0. The van der Waals surface area contributed by atoms with Gasteiger partial charge in [0.05, 0.1) is 18.8 Å². The topological polar surface area (TPSA) is 132 Å². The summed E-state index contributed by atoms with van der Waals surface area (Å²) in [5, 5.41) is 0. The molecule has 1 rings (SSSR count). The van der Waals surface area contributed by atoms with E-state index in [0.29, 0.717) is 25.0 Å². The zero-order valence-electron chi connectivity index (χ0n) is 29.5. The van der Waals surface area contributed by atoms with E-state index in [0.717, 1.165) is 50.9 Å². The molecule has 0 amide bonds. The predicted octanol–water partition coefficient (Wildman–Crippen LogP) is 9.46. The van der Waals surface area contributed by atoms with Gasteiger partial charge in [-0.25, -0.2) is 4.57 Å². The number of unbranched alkanes of at least 4 members (excludes halogenated alkanes) is 10. The number of esters is 2. The van der Waals surface area contributed by atoms with E-state index in [-0.39, 0.29) is 19.4 Å². The molecule has 1 saturated heterocycles. The van der Waals surface area contributed by atoms with E-state index in [9.17, 15) is 14.2 Å². The van der Waals surface area contributed by atoms with Crippen molar-refractivity contribution in [2.24, 2.45) is 5.92 Å². The van der Waals surface area contributed by atoms with Crippen molar-refractivity contribution in [3.05, 3.63) is 36.5 Å². The number of rotatable bonds is 31. The second kappa shape index (κ2) is 28.1. The molecule has 1 aliphatic heterocycles. The molecule has 0 radical (unpaired) electrons. The van der Waals surface area contributed by atoms with Gasteiger partial charge < -0.3 is 24.0 Å². The zero-order valence-corrected chi connectivity index (χ0v) is 30.4. The zero-order chi connectivity index (χ0) is 34.6. The Hall–Kier alpha value is -1.77. The molecule has 0 bridgehead atoms. The SMILES string of the molecule is CCCCCC1OC1C/C=C\C/C=C\C/C=C\CCCC(=O)OC[C@H](COP(=O)(O)O)OC(=O)CCCCCCCCCCC(C)C. The van der Waals surface area contributed by atoms with Gasteiger partial charge >= 0.3 is 19.8 Å². The first-order valence-electron chi connectivity index (χ1n) is 18.3. The Morgan fingerprint density at radius 3 is 2.02 bits per heavy atom. The van der Waals surface area contributed by atoms with Gasteiger partial charge in [-0.15, -0.1) is 0 Å². The molecule has 0 aromatic carbocycles. The van der Waals surface area contributed by atoms with Crippen molar-refractivity contribution in [2.75, 3.05) is 13.2 Å². The number of ether oxygens (including phenoxy) is 3. The van der Waals surface area contributed by atoms with Crippen LogP contribution in [-0.2, 0) is 32.9 Å². The molecule has 2 unspecified atom stereocenters. The Kier molecular flexibility index (Phi) is 25.9. The molecular weight excluding hydrogens is 619 g/mol. The van der Waals surface area contributed by atoms with Crippen molar-refractivity contribution in [3.8, 4) is 0 Å². The largest absolute Gasteiger partial charge is 0.469 e. The van der Waals surface area contributed by atoms with Gasteiger partial charge in [0, 0.05) is 12.8 Å². The number of hydrogen-bond donors (Lipinski definition) is 2. The summed E-state index contributed by atoms with van der Waals surface area (Å²) in [6.45, 7) is 5.85. The predicted molar refractivity (Wildman–Crippen MR) is 188 cm³/mol. The van der Waals surface area contributed by atoms with Gasteiger partial charge in [-0.3, -0.25) is 14.1 Å². The van der Waals surface area contributed by atoms with Gasteiger partial charge in [0.25, 0.3) is 0 Å². The van der Waals surface area contributed by atoms with Crippen LogP contribution in [0.4, 0.5) is 0 Å². The molecule has 47 heavy (non-hydrogen) atoms. The molecule has 0 aromatic rings. The van der Waals surface area contributed by atoms with Crippen LogP contribution < -0.4 is 0 Å². The maximum absolute atomic E-state index is 12.3. The van der Waals surface area contributed by atoms with Crippen molar-refractivity contribution >= 4 is 19.8 Å². The Morgan fingerprint density at radius 1 is 0.745 bits per heavy atom. The molecule has 272 valence electrons. The van der Waals surface area contributed by atoms with Gasteiger partial charge in [-0.1, -0.05) is 128 Å². The lowest BCUT2D eigenvalue weighted by molar-refractivity contribution is -0.161. The lowest BCUT2D eigenvalue weighted by Crippen LogP contribution is -2.29. The summed E-state index contributed by atoms with van der Waals surface area (Å²) < 4.78 is 31.9. The van der Waals surface area contributed by atoms with Crippen molar-refractivity contribution in [3.63, 3.8) is 0 Å². The molecule has 2 N–H and O–H groups in total. The number of carbonyl (C=O) groups is 2. The van der Waals surface area contributed by atoms with Crippen LogP contribution in [0.1, 0.15) is 149 Å². The fourth-order valence-corrected chi connectivity index (χ4v) is 5.53. The van der Waals surface area contributed by atoms with Gasteiger partial charge in [0.1, 0.15) is 6.61 Å². The number of epoxide rings is 1. The Balaban J connectivity index is 2.14. The highest BCUT2D eigenvalue weighted by Crippen LogP contribution is 2.36. The highest BCUT2D eigenvalue weighted by Gasteiger charge is 2.36. The van der Waals surface area contributed by atoms with E-state index in [1.807, 2.05) is 6.08 Å². The number of allylic oxidation sites excluding steroid dienone is 5. The highest BCUT2D eigenvalue weighted by atomic mass is 31.2. The second-order valence-corrected chi connectivity index (χ2v) is 14.3. The Labute approximate surface area is 285 Å². The maximum atomic E-state index is 12.3. The fourth-order valence-electron chi connectivity index (χ4n) is 5.17. The minimum Gasteiger partial charge on any atom is -0.462 e. The molecule has 1 heterocycles. The van der Waals surface area contributed by atoms with E-state index in [4.69, 9.17) is 24.0 Å². The molecule has 0 spiro atoms.